The molecule has 122 valence electrons. The van der Waals surface area contributed by atoms with E-state index in [-0.39, 0.29) is 18.5 Å². The lowest BCUT2D eigenvalue weighted by Gasteiger charge is -2.15. The van der Waals surface area contributed by atoms with Crippen molar-refractivity contribution in [2.45, 2.75) is 13.0 Å². The van der Waals surface area contributed by atoms with E-state index in [9.17, 15) is 9.59 Å². The van der Waals surface area contributed by atoms with Gasteiger partial charge in [-0.2, -0.15) is 0 Å². The molecular weight excluding hydrogens is 357 g/mol. The number of hydrogen-bond donors (Lipinski definition) is 3. The van der Waals surface area contributed by atoms with Gasteiger partial charge in [-0.25, -0.2) is 0 Å². The van der Waals surface area contributed by atoms with Crippen LogP contribution in [0.3, 0.4) is 0 Å². The third kappa shape index (κ3) is 4.68. The molecule has 0 aliphatic heterocycles. The van der Waals surface area contributed by atoms with Gasteiger partial charge in [0.25, 0.3) is 5.91 Å². The lowest BCUT2D eigenvalue weighted by atomic mass is 10.1. The van der Waals surface area contributed by atoms with E-state index in [2.05, 4.69) is 10.6 Å². The second kappa shape index (κ2) is 7.79. The van der Waals surface area contributed by atoms with Gasteiger partial charge < -0.3 is 16.4 Å². The first-order chi connectivity index (χ1) is 10.9. The SMILES string of the molecule is C[C@H](NCC(=O)Nc1sccc1C(N)=O)c1ccc(Cl)cc1Cl. The quantitative estimate of drug-likeness (QED) is 0.726. The molecule has 23 heavy (non-hydrogen) atoms. The van der Waals surface area contributed by atoms with E-state index in [1.807, 2.05) is 13.0 Å². The van der Waals surface area contributed by atoms with Gasteiger partial charge in [0.05, 0.1) is 12.1 Å². The van der Waals surface area contributed by atoms with Gasteiger partial charge in [0, 0.05) is 16.1 Å². The van der Waals surface area contributed by atoms with Gasteiger partial charge in [-0.15, -0.1) is 11.3 Å². The summed E-state index contributed by atoms with van der Waals surface area (Å²) in [6.45, 7) is 1.96. The van der Waals surface area contributed by atoms with Crippen LogP contribution in [0.5, 0.6) is 0 Å². The smallest absolute Gasteiger partial charge is 0.251 e. The molecule has 0 aliphatic carbocycles. The first-order valence-electron chi connectivity index (χ1n) is 6.74. The fraction of sp³-hybridized carbons (Fsp3) is 0.200. The summed E-state index contributed by atoms with van der Waals surface area (Å²) in [5.74, 6) is -0.845. The fourth-order valence-corrected chi connectivity index (χ4v) is 3.36. The minimum absolute atomic E-state index is 0.0657. The molecule has 1 aromatic heterocycles. The molecule has 0 saturated carbocycles. The standard InChI is InChI=1S/C15H15Cl2N3O2S/c1-8(10-3-2-9(16)6-12(10)17)19-7-13(21)20-15-11(14(18)22)4-5-23-15/h2-6,8,19H,7H2,1H3,(H2,18,22)(H,20,21)/t8-/m0/s1. The number of hydrogen-bond acceptors (Lipinski definition) is 4. The number of nitrogens with one attached hydrogen (secondary N) is 2. The van der Waals surface area contributed by atoms with Crippen molar-refractivity contribution in [3.8, 4) is 0 Å². The van der Waals surface area contributed by atoms with Crippen molar-refractivity contribution in [1.29, 1.82) is 0 Å². The normalized spacial score (nSPS) is 12.0. The molecule has 2 rings (SSSR count). The minimum Gasteiger partial charge on any atom is -0.366 e. The van der Waals surface area contributed by atoms with E-state index >= 15 is 0 Å². The Morgan fingerprint density at radius 2 is 2.04 bits per heavy atom. The highest BCUT2D eigenvalue weighted by molar-refractivity contribution is 7.14. The molecule has 1 heterocycles. The van der Waals surface area contributed by atoms with Crippen LogP contribution in [0.15, 0.2) is 29.6 Å². The molecular formula is C15H15Cl2N3O2S. The van der Waals surface area contributed by atoms with Crippen LogP contribution in [0.2, 0.25) is 10.0 Å². The molecule has 0 spiro atoms. The van der Waals surface area contributed by atoms with Crippen molar-refractivity contribution >= 4 is 51.4 Å². The first-order valence-corrected chi connectivity index (χ1v) is 8.37. The van der Waals surface area contributed by atoms with Crippen LogP contribution >= 0.6 is 34.5 Å². The maximum atomic E-state index is 12.0. The van der Waals surface area contributed by atoms with Crippen molar-refractivity contribution < 1.29 is 9.59 Å². The monoisotopic (exact) mass is 371 g/mol. The number of thiophene rings is 1. The Hall–Kier alpha value is -1.60. The number of primary amides is 1. The van der Waals surface area contributed by atoms with Crippen LogP contribution in [0.1, 0.15) is 28.9 Å². The van der Waals surface area contributed by atoms with Crippen molar-refractivity contribution in [3.63, 3.8) is 0 Å². The summed E-state index contributed by atoms with van der Waals surface area (Å²) in [7, 11) is 0. The highest BCUT2D eigenvalue weighted by Gasteiger charge is 2.14. The molecule has 8 heteroatoms. The fourth-order valence-electron chi connectivity index (χ4n) is 1.98. The van der Waals surface area contributed by atoms with E-state index in [0.29, 0.717) is 20.6 Å². The van der Waals surface area contributed by atoms with E-state index in [0.717, 1.165) is 5.56 Å². The Bertz CT molecular complexity index is 733. The molecule has 2 amide bonds. The second-order valence-electron chi connectivity index (χ2n) is 4.84. The van der Waals surface area contributed by atoms with E-state index in [1.54, 1.807) is 23.6 Å². The van der Waals surface area contributed by atoms with Crippen molar-refractivity contribution in [1.82, 2.24) is 5.32 Å². The second-order valence-corrected chi connectivity index (χ2v) is 6.60. The van der Waals surface area contributed by atoms with Gasteiger partial charge in [-0.1, -0.05) is 29.3 Å². The van der Waals surface area contributed by atoms with Crippen molar-refractivity contribution in [2.75, 3.05) is 11.9 Å². The van der Waals surface area contributed by atoms with Crippen LogP contribution < -0.4 is 16.4 Å². The summed E-state index contributed by atoms with van der Waals surface area (Å²) in [5.41, 5.74) is 6.39. The molecule has 5 nitrogen and oxygen atoms in total. The Kier molecular flexibility index (Phi) is 6.01. The number of carbonyl (C=O) groups is 2. The highest BCUT2D eigenvalue weighted by atomic mass is 35.5. The number of carbonyl (C=O) groups excluding carboxylic acids is 2. The Balaban J connectivity index is 1.93. The first kappa shape index (κ1) is 17.7. The predicted molar refractivity (Wildman–Crippen MR) is 94.3 cm³/mol. The Morgan fingerprint density at radius 3 is 2.70 bits per heavy atom. The summed E-state index contributed by atoms with van der Waals surface area (Å²) < 4.78 is 0. The number of nitrogens with two attached hydrogens (primary N) is 1. The molecule has 1 aromatic carbocycles. The van der Waals surface area contributed by atoms with Crippen molar-refractivity contribution in [3.05, 3.63) is 50.8 Å². The van der Waals surface area contributed by atoms with Gasteiger partial charge >= 0.3 is 0 Å². The maximum Gasteiger partial charge on any atom is 0.251 e. The van der Waals surface area contributed by atoms with Gasteiger partial charge in [-0.3, -0.25) is 9.59 Å². The third-order valence-electron chi connectivity index (χ3n) is 3.18. The number of amides is 2. The number of rotatable bonds is 6. The number of halogens is 2. The van der Waals surface area contributed by atoms with Gasteiger partial charge in [-0.05, 0) is 36.1 Å². The zero-order valence-electron chi connectivity index (χ0n) is 12.2. The van der Waals surface area contributed by atoms with Gasteiger partial charge in [0.2, 0.25) is 5.91 Å². The molecule has 0 bridgehead atoms. The molecule has 0 radical (unpaired) electrons. The van der Waals surface area contributed by atoms with Crippen LogP contribution in [0, 0.1) is 0 Å². The van der Waals surface area contributed by atoms with Gasteiger partial charge in [0.1, 0.15) is 5.00 Å². The summed E-state index contributed by atoms with van der Waals surface area (Å²) in [6.07, 6.45) is 0. The number of benzene rings is 1. The third-order valence-corrected chi connectivity index (χ3v) is 4.57. The Morgan fingerprint density at radius 1 is 1.30 bits per heavy atom. The lowest BCUT2D eigenvalue weighted by Crippen LogP contribution is -2.30. The molecule has 0 saturated heterocycles. The average molecular weight is 372 g/mol. The zero-order chi connectivity index (χ0) is 17.0. The van der Waals surface area contributed by atoms with E-state index in [1.165, 1.54) is 11.3 Å². The summed E-state index contributed by atoms with van der Waals surface area (Å²) in [4.78, 5) is 23.2. The molecule has 4 N–H and O–H groups in total. The molecule has 1 atom stereocenters. The van der Waals surface area contributed by atoms with Crippen LogP contribution in [-0.4, -0.2) is 18.4 Å². The summed E-state index contributed by atoms with van der Waals surface area (Å²) >= 11 is 13.2. The van der Waals surface area contributed by atoms with Crippen LogP contribution in [0.4, 0.5) is 5.00 Å². The van der Waals surface area contributed by atoms with Crippen molar-refractivity contribution in [2.24, 2.45) is 5.73 Å². The van der Waals surface area contributed by atoms with Crippen LogP contribution in [-0.2, 0) is 4.79 Å². The predicted octanol–water partition coefficient (Wildman–Crippen LogP) is 3.44. The number of anilines is 1. The zero-order valence-corrected chi connectivity index (χ0v) is 14.6. The minimum atomic E-state index is -0.573. The molecule has 0 unspecified atom stereocenters. The van der Waals surface area contributed by atoms with Gasteiger partial charge in [0.15, 0.2) is 0 Å². The lowest BCUT2D eigenvalue weighted by molar-refractivity contribution is -0.115. The average Bonchev–Trinajstić information content (AvgIpc) is 2.93. The summed E-state index contributed by atoms with van der Waals surface area (Å²) in [5, 5.41) is 8.96. The van der Waals surface area contributed by atoms with E-state index in [4.69, 9.17) is 28.9 Å². The summed E-state index contributed by atoms with van der Waals surface area (Å²) in [6, 6.07) is 6.65. The maximum absolute atomic E-state index is 12.0. The topological polar surface area (TPSA) is 84.2 Å². The molecule has 2 aromatic rings. The van der Waals surface area contributed by atoms with Crippen LogP contribution in [0.25, 0.3) is 0 Å². The highest BCUT2D eigenvalue weighted by Crippen LogP contribution is 2.26. The Labute approximate surface area is 147 Å². The molecule has 0 fully saturated rings. The molecule has 0 aliphatic rings. The van der Waals surface area contributed by atoms with E-state index < -0.39 is 5.91 Å². The largest absolute Gasteiger partial charge is 0.366 e.